The predicted octanol–water partition coefficient (Wildman–Crippen LogP) is 1.76. The van der Waals surface area contributed by atoms with Gasteiger partial charge in [0, 0.05) is 76.5 Å². The third-order valence-electron chi connectivity index (χ3n) is 7.79. The molecular formula is C24H39N5O3. The lowest BCUT2D eigenvalue weighted by Gasteiger charge is -2.39. The smallest absolute Gasteiger partial charge is 0.230 e. The number of hydrogen-bond acceptors (Lipinski definition) is 5. The molecule has 32 heavy (non-hydrogen) atoms. The zero-order valence-electron chi connectivity index (χ0n) is 20.0. The normalized spacial score (nSPS) is 26.9. The number of likely N-dealkylation sites (tertiary alicyclic amines) is 2. The SMILES string of the molecule is CCC(CC)C(=O)N1CCC[C@]2(C(=O)N3CCOCC3)CN(Cc3cnn(C)c3)C[C@H]2C1. The summed E-state index contributed by atoms with van der Waals surface area (Å²) in [4.78, 5) is 33.7. The van der Waals surface area contributed by atoms with E-state index in [9.17, 15) is 9.59 Å². The van der Waals surface area contributed by atoms with Crippen LogP contribution in [-0.2, 0) is 27.9 Å². The average molecular weight is 446 g/mol. The van der Waals surface area contributed by atoms with E-state index in [2.05, 4.69) is 28.7 Å². The highest BCUT2D eigenvalue weighted by atomic mass is 16.5. The molecule has 0 unspecified atom stereocenters. The molecule has 3 aliphatic rings. The van der Waals surface area contributed by atoms with Crippen LogP contribution in [0.3, 0.4) is 0 Å². The number of fused-ring (bicyclic) bond motifs is 1. The van der Waals surface area contributed by atoms with Gasteiger partial charge in [-0.3, -0.25) is 19.2 Å². The zero-order valence-corrected chi connectivity index (χ0v) is 20.0. The molecule has 8 nitrogen and oxygen atoms in total. The number of hydrogen-bond donors (Lipinski definition) is 0. The molecule has 3 saturated heterocycles. The van der Waals surface area contributed by atoms with E-state index in [1.54, 1.807) is 0 Å². The predicted molar refractivity (Wildman–Crippen MR) is 122 cm³/mol. The number of ether oxygens (including phenoxy) is 1. The van der Waals surface area contributed by atoms with Crippen molar-refractivity contribution < 1.29 is 14.3 Å². The number of morpholine rings is 1. The second kappa shape index (κ2) is 9.91. The topological polar surface area (TPSA) is 70.9 Å². The molecular weight excluding hydrogens is 406 g/mol. The number of carbonyl (C=O) groups is 2. The molecule has 1 aromatic rings. The van der Waals surface area contributed by atoms with Crippen molar-refractivity contribution in [2.45, 2.75) is 46.1 Å². The maximum Gasteiger partial charge on any atom is 0.230 e. The molecule has 3 fully saturated rings. The molecule has 178 valence electrons. The molecule has 0 aliphatic carbocycles. The van der Waals surface area contributed by atoms with Crippen molar-refractivity contribution in [3.63, 3.8) is 0 Å². The molecule has 0 bridgehead atoms. The Labute approximate surface area is 191 Å². The van der Waals surface area contributed by atoms with E-state index in [0.29, 0.717) is 32.8 Å². The lowest BCUT2D eigenvalue weighted by Crippen LogP contribution is -2.53. The van der Waals surface area contributed by atoms with Gasteiger partial charge in [-0.05, 0) is 25.7 Å². The van der Waals surface area contributed by atoms with Crippen LogP contribution >= 0.6 is 0 Å². The van der Waals surface area contributed by atoms with E-state index in [0.717, 1.165) is 51.9 Å². The minimum Gasteiger partial charge on any atom is -0.378 e. The van der Waals surface area contributed by atoms with Gasteiger partial charge in [0.25, 0.3) is 0 Å². The number of aryl methyl sites for hydroxylation is 1. The Morgan fingerprint density at radius 3 is 2.56 bits per heavy atom. The minimum absolute atomic E-state index is 0.0883. The van der Waals surface area contributed by atoms with Gasteiger partial charge in [0.1, 0.15) is 0 Å². The quantitative estimate of drug-likeness (QED) is 0.667. The lowest BCUT2D eigenvalue weighted by molar-refractivity contribution is -0.149. The summed E-state index contributed by atoms with van der Waals surface area (Å²) in [6.07, 6.45) is 7.45. The van der Waals surface area contributed by atoms with Crippen LogP contribution in [0.1, 0.15) is 45.1 Å². The Morgan fingerprint density at radius 2 is 1.91 bits per heavy atom. The summed E-state index contributed by atoms with van der Waals surface area (Å²) < 4.78 is 7.33. The fourth-order valence-electron chi connectivity index (χ4n) is 6.00. The Bertz CT molecular complexity index is 801. The fraction of sp³-hybridized carbons (Fsp3) is 0.792. The molecule has 2 amide bonds. The van der Waals surface area contributed by atoms with E-state index in [1.165, 1.54) is 5.56 Å². The van der Waals surface area contributed by atoms with Crippen molar-refractivity contribution in [1.29, 1.82) is 0 Å². The first-order valence-corrected chi connectivity index (χ1v) is 12.3. The first-order chi connectivity index (χ1) is 15.5. The maximum atomic E-state index is 14.0. The summed E-state index contributed by atoms with van der Waals surface area (Å²) in [5.41, 5.74) is 0.755. The Kier molecular flexibility index (Phi) is 7.20. The van der Waals surface area contributed by atoms with Gasteiger partial charge < -0.3 is 14.5 Å². The van der Waals surface area contributed by atoms with Crippen molar-refractivity contribution in [3.05, 3.63) is 18.0 Å². The maximum absolute atomic E-state index is 14.0. The van der Waals surface area contributed by atoms with Crippen molar-refractivity contribution in [1.82, 2.24) is 24.5 Å². The Balaban J connectivity index is 1.57. The third kappa shape index (κ3) is 4.57. The van der Waals surface area contributed by atoms with Gasteiger partial charge >= 0.3 is 0 Å². The van der Waals surface area contributed by atoms with E-state index in [4.69, 9.17) is 4.74 Å². The van der Waals surface area contributed by atoms with Crippen molar-refractivity contribution >= 4 is 11.8 Å². The van der Waals surface area contributed by atoms with Crippen molar-refractivity contribution in [2.75, 3.05) is 52.5 Å². The first kappa shape index (κ1) is 23.2. The molecule has 0 aromatic carbocycles. The summed E-state index contributed by atoms with van der Waals surface area (Å²) in [7, 11) is 1.93. The molecule has 0 spiro atoms. The van der Waals surface area contributed by atoms with Crippen LogP contribution in [0.4, 0.5) is 0 Å². The van der Waals surface area contributed by atoms with Gasteiger partial charge in [-0.1, -0.05) is 13.8 Å². The number of amides is 2. The molecule has 8 heteroatoms. The molecule has 4 heterocycles. The van der Waals surface area contributed by atoms with Gasteiger partial charge in [-0.2, -0.15) is 5.10 Å². The summed E-state index contributed by atoms with van der Waals surface area (Å²) in [6, 6.07) is 0. The monoisotopic (exact) mass is 445 g/mol. The largest absolute Gasteiger partial charge is 0.378 e. The van der Waals surface area contributed by atoms with Gasteiger partial charge in [0.2, 0.25) is 11.8 Å². The standard InChI is InChI=1S/C24H39N5O3/c1-4-20(5-2)22(30)29-8-6-7-24(23(31)28-9-11-32-12-10-28)18-27(16-21(24)17-29)15-19-13-25-26(3)14-19/h13-14,20-21H,4-12,15-18H2,1-3H3/t21-,24-/m0/s1. The second-order valence-electron chi connectivity index (χ2n) is 9.85. The molecule has 0 radical (unpaired) electrons. The van der Waals surface area contributed by atoms with Crippen LogP contribution in [0.15, 0.2) is 12.4 Å². The van der Waals surface area contributed by atoms with Crippen LogP contribution < -0.4 is 0 Å². The van der Waals surface area contributed by atoms with E-state index in [-0.39, 0.29) is 23.7 Å². The van der Waals surface area contributed by atoms with Crippen LogP contribution in [0, 0.1) is 17.3 Å². The van der Waals surface area contributed by atoms with E-state index >= 15 is 0 Å². The molecule has 1 aromatic heterocycles. The highest BCUT2D eigenvalue weighted by molar-refractivity contribution is 5.84. The molecule has 0 N–H and O–H groups in total. The second-order valence-corrected chi connectivity index (χ2v) is 9.85. The molecule has 3 aliphatic heterocycles. The van der Waals surface area contributed by atoms with Gasteiger partial charge in [0.05, 0.1) is 24.8 Å². The van der Waals surface area contributed by atoms with Crippen LogP contribution in [-0.4, -0.2) is 88.8 Å². The van der Waals surface area contributed by atoms with Crippen LogP contribution in [0.2, 0.25) is 0 Å². The molecule has 2 atom stereocenters. The zero-order chi connectivity index (χ0) is 22.7. The highest BCUT2D eigenvalue weighted by Crippen LogP contribution is 2.45. The third-order valence-corrected chi connectivity index (χ3v) is 7.79. The first-order valence-electron chi connectivity index (χ1n) is 12.3. The number of nitrogens with zero attached hydrogens (tertiary/aromatic N) is 5. The van der Waals surface area contributed by atoms with Crippen LogP contribution in [0.25, 0.3) is 0 Å². The van der Waals surface area contributed by atoms with Crippen molar-refractivity contribution in [2.24, 2.45) is 24.3 Å². The summed E-state index contributed by atoms with van der Waals surface area (Å²) in [6.45, 7) is 10.6. The average Bonchev–Trinajstić information content (AvgIpc) is 3.31. The Morgan fingerprint density at radius 1 is 1.16 bits per heavy atom. The highest BCUT2D eigenvalue weighted by Gasteiger charge is 2.54. The minimum atomic E-state index is -0.414. The van der Waals surface area contributed by atoms with Gasteiger partial charge in [-0.15, -0.1) is 0 Å². The van der Waals surface area contributed by atoms with Gasteiger partial charge in [-0.25, -0.2) is 0 Å². The Hall–Kier alpha value is -1.93. The van der Waals surface area contributed by atoms with Gasteiger partial charge in [0.15, 0.2) is 0 Å². The summed E-state index contributed by atoms with van der Waals surface area (Å²) in [5, 5.41) is 4.31. The van der Waals surface area contributed by atoms with E-state index < -0.39 is 5.41 Å². The molecule has 0 saturated carbocycles. The number of carbonyl (C=O) groups excluding carboxylic acids is 2. The summed E-state index contributed by atoms with van der Waals surface area (Å²) >= 11 is 0. The lowest BCUT2D eigenvalue weighted by atomic mass is 9.73. The fourth-order valence-corrected chi connectivity index (χ4v) is 6.00. The van der Waals surface area contributed by atoms with Crippen molar-refractivity contribution in [3.8, 4) is 0 Å². The van der Waals surface area contributed by atoms with E-state index in [1.807, 2.05) is 29.0 Å². The number of aromatic nitrogens is 2. The molecule has 4 rings (SSSR count). The number of rotatable bonds is 6. The van der Waals surface area contributed by atoms with Crippen LogP contribution in [0.5, 0.6) is 0 Å². The summed E-state index contributed by atoms with van der Waals surface area (Å²) in [5.74, 6) is 0.798.